The maximum Gasteiger partial charge on any atom is 0.337 e. The van der Waals surface area contributed by atoms with Gasteiger partial charge in [-0.1, -0.05) is 25.4 Å². The van der Waals surface area contributed by atoms with Gasteiger partial charge >= 0.3 is 5.97 Å². The molecule has 0 spiro atoms. The topological polar surface area (TPSA) is 84.4 Å². The quantitative estimate of drug-likeness (QED) is 0.782. The Morgan fingerprint density at radius 3 is 2.54 bits per heavy atom. The molecule has 3 rings (SSSR count). The van der Waals surface area contributed by atoms with E-state index in [4.69, 9.17) is 16.3 Å². The summed E-state index contributed by atoms with van der Waals surface area (Å²) in [5.41, 5.74) is 2.03. The van der Waals surface area contributed by atoms with E-state index in [0.29, 0.717) is 16.5 Å². The lowest BCUT2D eigenvalue weighted by Crippen LogP contribution is -2.49. The van der Waals surface area contributed by atoms with E-state index in [-0.39, 0.29) is 23.9 Å². The highest BCUT2D eigenvalue weighted by Gasteiger charge is 2.40. The highest BCUT2D eigenvalue weighted by molar-refractivity contribution is 6.30. The largest absolute Gasteiger partial charge is 0.465 e. The molecule has 0 bridgehead atoms. The van der Waals surface area contributed by atoms with Gasteiger partial charge in [-0.05, 0) is 30.2 Å². The summed E-state index contributed by atoms with van der Waals surface area (Å²) in [7, 11) is 1.34. The Kier molecular flexibility index (Phi) is 5.84. The van der Waals surface area contributed by atoms with Gasteiger partial charge in [-0.2, -0.15) is 0 Å². The molecule has 2 heterocycles. The molecule has 2 aromatic rings. The third-order valence-corrected chi connectivity index (χ3v) is 5.37. The van der Waals surface area contributed by atoms with Gasteiger partial charge in [-0.15, -0.1) is 0 Å². The van der Waals surface area contributed by atoms with Crippen LogP contribution in [0.1, 0.15) is 49.2 Å². The van der Waals surface area contributed by atoms with E-state index in [1.165, 1.54) is 19.5 Å². The molecule has 148 valence electrons. The van der Waals surface area contributed by atoms with Crippen molar-refractivity contribution < 1.29 is 14.3 Å². The number of aromatic nitrogens is 2. The molecule has 1 aromatic heterocycles. The van der Waals surface area contributed by atoms with Crippen LogP contribution in [0.2, 0.25) is 5.02 Å². The number of carbonyl (C=O) groups excluding carboxylic acids is 2. The van der Waals surface area contributed by atoms with E-state index >= 15 is 0 Å². The van der Waals surface area contributed by atoms with E-state index in [1.54, 1.807) is 25.1 Å². The molecular weight excluding hydrogens is 380 g/mol. The molecule has 3 atom stereocenters. The summed E-state index contributed by atoms with van der Waals surface area (Å²) in [5, 5.41) is 3.80. The number of hydrogen-bond donors (Lipinski definition) is 1. The predicted molar refractivity (Wildman–Crippen MR) is 108 cm³/mol. The van der Waals surface area contributed by atoms with Gasteiger partial charge in [0.15, 0.2) is 0 Å². The minimum atomic E-state index is -0.427. The molecule has 1 amide bonds. The zero-order valence-electron chi connectivity index (χ0n) is 16.3. The van der Waals surface area contributed by atoms with Crippen LogP contribution >= 0.6 is 11.6 Å². The molecule has 0 unspecified atom stereocenters. The number of carbonyl (C=O) groups is 2. The fourth-order valence-corrected chi connectivity index (χ4v) is 3.98. The summed E-state index contributed by atoms with van der Waals surface area (Å²) < 4.78 is 4.86. The first-order valence-electron chi connectivity index (χ1n) is 9.13. The van der Waals surface area contributed by atoms with Gasteiger partial charge in [0.2, 0.25) is 11.9 Å². The summed E-state index contributed by atoms with van der Waals surface area (Å²) >= 11 is 5.89. The van der Waals surface area contributed by atoms with Crippen LogP contribution in [-0.4, -0.2) is 35.0 Å². The van der Waals surface area contributed by atoms with Crippen LogP contribution in [-0.2, 0) is 9.53 Å². The standard InChI is InChI=1S/C20H23ClN4O3/c1-5-16-11(2)18(24-20-22-9-14(21)10-23-20)15-8-13(19(27)28-4)6-7-17(15)25(16)12(3)26/h6-11,16,18H,5H2,1-4H3,(H,22,23,24)/t11-,16+,18+/m0/s1. The van der Waals surface area contributed by atoms with Gasteiger partial charge in [-0.3, -0.25) is 4.79 Å². The summed E-state index contributed by atoms with van der Waals surface area (Å²) in [6, 6.07) is 5.06. The van der Waals surface area contributed by atoms with Crippen LogP contribution in [0.25, 0.3) is 0 Å². The van der Waals surface area contributed by atoms with Gasteiger partial charge in [0.25, 0.3) is 0 Å². The first-order chi connectivity index (χ1) is 13.4. The number of nitrogens with zero attached hydrogens (tertiary/aromatic N) is 3. The van der Waals surface area contributed by atoms with Crippen molar-refractivity contribution in [1.82, 2.24) is 9.97 Å². The second-order valence-electron chi connectivity index (χ2n) is 6.84. The molecule has 0 radical (unpaired) electrons. The molecule has 0 saturated carbocycles. The number of rotatable bonds is 4. The molecule has 1 aromatic carbocycles. The van der Waals surface area contributed by atoms with Gasteiger partial charge in [0.1, 0.15) is 0 Å². The Labute approximate surface area is 169 Å². The molecule has 1 aliphatic rings. The first-order valence-corrected chi connectivity index (χ1v) is 9.51. The smallest absolute Gasteiger partial charge is 0.337 e. The Balaban J connectivity index is 2.12. The molecular formula is C20H23ClN4O3. The predicted octanol–water partition coefficient (Wildman–Crippen LogP) is 3.85. The van der Waals surface area contributed by atoms with Crippen molar-refractivity contribution >= 4 is 35.1 Å². The Morgan fingerprint density at radius 1 is 1.29 bits per heavy atom. The highest BCUT2D eigenvalue weighted by atomic mass is 35.5. The van der Waals surface area contributed by atoms with Crippen LogP contribution in [0.15, 0.2) is 30.6 Å². The van der Waals surface area contributed by atoms with E-state index in [2.05, 4.69) is 29.1 Å². The van der Waals surface area contributed by atoms with Crippen molar-refractivity contribution in [2.24, 2.45) is 5.92 Å². The Hall–Kier alpha value is -2.67. The SMILES string of the molecule is CC[C@@H]1[C@H](C)[C@@H](Nc2ncc(Cl)cn2)c2cc(C(=O)OC)ccc2N1C(C)=O. The molecule has 1 N–H and O–H groups in total. The average Bonchev–Trinajstić information content (AvgIpc) is 2.69. The lowest BCUT2D eigenvalue weighted by molar-refractivity contribution is -0.117. The maximum atomic E-state index is 12.4. The van der Waals surface area contributed by atoms with Crippen LogP contribution < -0.4 is 10.2 Å². The lowest BCUT2D eigenvalue weighted by atomic mass is 9.80. The van der Waals surface area contributed by atoms with E-state index < -0.39 is 5.97 Å². The third-order valence-electron chi connectivity index (χ3n) is 5.17. The monoisotopic (exact) mass is 402 g/mol. The number of nitrogens with one attached hydrogen (secondary N) is 1. The normalized spacial score (nSPS) is 21.0. The Bertz CT molecular complexity index is 888. The molecule has 0 fully saturated rings. The van der Waals surface area contributed by atoms with Crippen molar-refractivity contribution in [3.63, 3.8) is 0 Å². The number of fused-ring (bicyclic) bond motifs is 1. The van der Waals surface area contributed by atoms with Gasteiger partial charge in [-0.25, -0.2) is 14.8 Å². The van der Waals surface area contributed by atoms with Crippen molar-refractivity contribution in [2.45, 2.75) is 39.3 Å². The first kappa shape index (κ1) is 20.1. The minimum Gasteiger partial charge on any atom is -0.465 e. The zero-order chi connectivity index (χ0) is 20.4. The minimum absolute atomic E-state index is 0.00113. The van der Waals surface area contributed by atoms with Crippen LogP contribution in [0.3, 0.4) is 0 Å². The zero-order valence-corrected chi connectivity index (χ0v) is 17.0. The fourth-order valence-electron chi connectivity index (χ4n) is 3.88. The molecule has 0 aliphatic carbocycles. The second kappa shape index (κ2) is 8.14. The van der Waals surface area contributed by atoms with Crippen LogP contribution in [0.4, 0.5) is 11.6 Å². The molecule has 1 aliphatic heterocycles. The van der Waals surface area contributed by atoms with Gasteiger partial charge in [0.05, 0.1) is 36.1 Å². The van der Waals surface area contributed by atoms with Crippen LogP contribution in [0.5, 0.6) is 0 Å². The average molecular weight is 403 g/mol. The highest BCUT2D eigenvalue weighted by Crippen LogP contribution is 2.43. The number of halogens is 1. The summed E-state index contributed by atoms with van der Waals surface area (Å²) in [4.78, 5) is 34.8. The van der Waals surface area contributed by atoms with E-state index in [1.807, 2.05) is 4.90 Å². The number of anilines is 2. The number of ether oxygens (including phenoxy) is 1. The van der Waals surface area contributed by atoms with Crippen molar-refractivity contribution in [1.29, 1.82) is 0 Å². The number of esters is 1. The van der Waals surface area contributed by atoms with Crippen molar-refractivity contribution in [2.75, 3.05) is 17.3 Å². The number of benzene rings is 1. The lowest BCUT2D eigenvalue weighted by Gasteiger charge is -2.45. The van der Waals surface area contributed by atoms with Gasteiger partial charge in [0, 0.05) is 24.6 Å². The van der Waals surface area contributed by atoms with E-state index in [0.717, 1.165) is 17.7 Å². The second-order valence-corrected chi connectivity index (χ2v) is 7.27. The summed E-state index contributed by atoms with van der Waals surface area (Å²) in [5.74, 6) is 0.0197. The third kappa shape index (κ3) is 3.67. The fraction of sp³-hybridized carbons (Fsp3) is 0.400. The maximum absolute atomic E-state index is 12.4. The molecule has 8 heteroatoms. The van der Waals surface area contributed by atoms with Gasteiger partial charge < -0.3 is 15.0 Å². The summed E-state index contributed by atoms with van der Waals surface area (Å²) in [6.45, 7) is 5.69. The molecule has 28 heavy (non-hydrogen) atoms. The Morgan fingerprint density at radius 2 is 1.96 bits per heavy atom. The molecule has 0 saturated heterocycles. The number of amides is 1. The molecule has 7 nitrogen and oxygen atoms in total. The van der Waals surface area contributed by atoms with Crippen molar-refractivity contribution in [3.05, 3.63) is 46.7 Å². The van der Waals surface area contributed by atoms with Crippen LogP contribution in [0, 0.1) is 5.92 Å². The number of methoxy groups -OCH3 is 1. The number of hydrogen-bond acceptors (Lipinski definition) is 6. The van der Waals surface area contributed by atoms with E-state index in [9.17, 15) is 9.59 Å². The summed E-state index contributed by atoms with van der Waals surface area (Å²) in [6.07, 6.45) is 3.84. The van der Waals surface area contributed by atoms with Crippen molar-refractivity contribution in [3.8, 4) is 0 Å².